The van der Waals surface area contributed by atoms with E-state index in [0.29, 0.717) is 5.82 Å². The number of rotatable bonds is 8. The fourth-order valence-corrected chi connectivity index (χ4v) is 3.12. The number of para-hydroxylation sites is 3. The maximum absolute atomic E-state index is 13.0. The highest BCUT2D eigenvalue weighted by Crippen LogP contribution is 2.33. The van der Waals surface area contributed by atoms with Crippen molar-refractivity contribution >= 4 is 16.9 Å². The number of ether oxygens (including phenoxy) is 2. The molecular weight excluding hydrogens is 380 g/mol. The van der Waals surface area contributed by atoms with Gasteiger partial charge in [0.25, 0.3) is 5.91 Å². The number of hydrogen-bond donors (Lipinski definition) is 2. The van der Waals surface area contributed by atoms with Crippen molar-refractivity contribution in [3.63, 3.8) is 0 Å². The molecule has 0 saturated carbocycles. The molecule has 154 valence electrons. The van der Waals surface area contributed by atoms with E-state index in [1.807, 2.05) is 38.1 Å². The molecule has 1 aromatic heterocycles. The summed E-state index contributed by atoms with van der Waals surface area (Å²) in [7, 11) is 1.33. The SMILES string of the molecule is CCC(C)C(NC(=O)c1cccc(OC)c1OC(F)F)c1nc2ccccc2[nH]1. The molecule has 3 rings (SSSR count). The van der Waals surface area contributed by atoms with Crippen LogP contribution in [0, 0.1) is 5.92 Å². The van der Waals surface area contributed by atoms with Crippen molar-refractivity contribution in [3.05, 3.63) is 53.9 Å². The topological polar surface area (TPSA) is 76.2 Å². The smallest absolute Gasteiger partial charge is 0.387 e. The Bertz CT molecular complexity index is 957. The Hall–Kier alpha value is -3.16. The Morgan fingerprint density at radius 1 is 1.21 bits per heavy atom. The van der Waals surface area contributed by atoms with Crippen LogP contribution in [0.25, 0.3) is 11.0 Å². The minimum atomic E-state index is -3.08. The van der Waals surface area contributed by atoms with E-state index in [9.17, 15) is 13.6 Å². The second kappa shape index (κ2) is 8.89. The number of imidazole rings is 1. The van der Waals surface area contributed by atoms with Crippen LogP contribution >= 0.6 is 0 Å². The van der Waals surface area contributed by atoms with E-state index in [1.165, 1.54) is 19.2 Å². The van der Waals surface area contributed by atoms with Crippen LogP contribution in [0.2, 0.25) is 0 Å². The van der Waals surface area contributed by atoms with Gasteiger partial charge in [-0.1, -0.05) is 38.5 Å². The molecule has 3 aromatic rings. The summed E-state index contributed by atoms with van der Waals surface area (Å²) in [4.78, 5) is 20.8. The number of fused-ring (bicyclic) bond motifs is 1. The summed E-state index contributed by atoms with van der Waals surface area (Å²) in [5.74, 6) is -0.139. The zero-order valence-corrected chi connectivity index (χ0v) is 16.4. The van der Waals surface area contributed by atoms with Crippen LogP contribution in [-0.4, -0.2) is 29.6 Å². The van der Waals surface area contributed by atoms with Crippen LogP contribution in [0.4, 0.5) is 8.78 Å². The van der Waals surface area contributed by atoms with Crippen molar-refractivity contribution in [2.24, 2.45) is 5.92 Å². The van der Waals surface area contributed by atoms with Crippen LogP contribution in [0.5, 0.6) is 11.5 Å². The fraction of sp³-hybridized carbons (Fsp3) is 0.333. The first-order valence-corrected chi connectivity index (χ1v) is 9.31. The van der Waals surface area contributed by atoms with Crippen molar-refractivity contribution < 1.29 is 23.0 Å². The Labute approximate surface area is 167 Å². The maximum atomic E-state index is 13.0. The van der Waals surface area contributed by atoms with Crippen molar-refractivity contribution in [1.29, 1.82) is 0 Å². The number of halogens is 2. The average Bonchev–Trinajstić information content (AvgIpc) is 3.14. The third-order valence-corrected chi connectivity index (χ3v) is 4.85. The lowest BCUT2D eigenvalue weighted by Gasteiger charge is -2.23. The maximum Gasteiger partial charge on any atom is 0.387 e. The van der Waals surface area contributed by atoms with Gasteiger partial charge in [-0.25, -0.2) is 4.98 Å². The molecular formula is C21H23F2N3O3. The molecule has 29 heavy (non-hydrogen) atoms. The number of nitrogens with zero attached hydrogens (tertiary/aromatic N) is 1. The van der Waals surface area contributed by atoms with Gasteiger partial charge in [-0.15, -0.1) is 0 Å². The van der Waals surface area contributed by atoms with Crippen LogP contribution in [0.1, 0.15) is 42.5 Å². The third kappa shape index (κ3) is 4.47. The van der Waals surface area contributed by atoms with Gasteiger partial charge in [-0.3, -0.25) is 4.79 Å². The van der Waals surface area contributed by atoms with Gasteiger partial charge in [-0.05, 0) is 30.2 Å². The molecule has 2 atom stereocenters. The predicted molar refractivity (Wildman–Crippen MR) is 105 cm³/mol. The highest BCUT2D eigenvalue weighted by Gasteiger charge is 2.27. The summed E-state index contributed by atoms with van der Waals surface area (Å²) >= 11 is 0. The van der Waals surface area contributed by atoms with Gasteiger partial charge in [0.2, 0.25) is 0 Å². The number of carbonyl (C=O) groups excluding carboxylic acids is 1. The highest BCUT2D eigenvalue weighted by atomic mass is 19.3. The van der Waals surface area contributed by atoms with Gasteiger partial charge < -0.3 is 19.8 Å². The van der Waals surface area contributed by atoms with Crippen molar-refractivity contribution in [1.82, 2.24) is 15.3 Å². The van der Waals surface area contributed by atoms with E-state index < -0.39 is 18.6 Å². The lowest BCUT2D eigenvalue weighted by molar-refractivity contribution is -0.0515. The first kappa shape index (κ1) is 20.6. The molecule has 0 bridgehead atoms. The molecule has 0 aliphatic heterocycles. The number of nitrogens with one attached hydrogen (secondary N) is 2. The lowest BCUT2D eigenvalue weighted by Crippen LogP contribution is -2.33. The molecule has 0 aliphatic carbocycles. The first-order valence-electron chi connectivity index (χ1n) is 9.31. The van der Waals surface area contributed by atoms with Gasteiger partial charge in [0, 0.05) is 0 Å². The minimum absolute atomic E-state index is 0.0333. The van der Waals surface area contributed by atoms with E-state index in [0.717, 1.165) is 17.5 Å². The summed E-state index contributed by atoms with van der Waals surface area (Å²) in [6.45, 7) is 0.905. The number of methoxy groups -OCH3 is 1. The second-order valence-electron chi connectivity index (χ2n) is 6.69. The summed E-state index contributed by atoms with van der Waals surface area (Å²) < 4.78 is 35.4. The van der Waals surface area contributed by atoms with E-state index in [1.54, 1.807) is 6.07 Å². The number of carbonyl (C=O) groups is 1. The average molecular weight is 403 g/mol. The fourth-order valence-electron chi connectivity index (χ4n) is 3.12. The second-order valence-corrected chi connectivity index (χ2v) is 6.69. The number of alkyl halides is 2. The molecule has 6 nitrogen and oxygen atoms in total. The first-order chi connectivity index (χ1) is 13.9. The minimum Gasteiger partial charge on any atom is -0.493 e. The normalized spacial score (nSPS) is 13.3. The van der Waals surface area contributed by atoms with Crippen LogP contribution in [0.15, 0.2) is 42.5 Å². The largest absolute Gasteiger partial charge is 0.493 e. The molecule has 0 radical (unpaired) electrons. The predicted octanol–water partition coefficient (Wildman–Crippen LogP) is 4.69. The van der Waals surface area contributed by atoms with Crippen LogP contribution in [-0.2, 0) is 0 Å². The molecule has 0 fully saturated rings. The number of hydrogen-bond acceptors (Lipinski definition) is 4. The molecule has 0 spiro atoms. The molecule has 8 heteroatoms. The molecule has 0 saturated heterocycles. The van der Waals surface area contributed by atoms with Crippen LogP contribution < -0.4 is 14.8 Å². The zero-order valence-electron chi connectivity index (χ0n) is 16.4. The van der Waals surface area contributed by atoms with Crippen molar-refractivity contribution in [2.45, 2.75) is 32.9 Å². The highest BCUT2D eigenvalue weighted by molar-refractivity contribution is 5.98. The Balaban J connectivity index is 1.95. The van der Waals surface area contributed by atoms with Gasteiger partial charge >= 0.3 is 6.61 Å². The van der Waals surface area contributed by atoms with E-state index in [-0.39, 0.29) is 23.0 Å². The summed E-state index contributed by atoms with van der Waals surface area (Å²) in [5, 5.41) is 2.91. The monoisotopic (exact) mass is 403 g/mol. The van der Waals surface area contributed by atoms with Gasteiger partial charge in [0.05, 0.1) is 29.7 Å². The zero-order chi connectivity index (χ0) is 21.0. The van der Waals surface area contributed by atoms with Crippen molar-refractivity contribution in [3.8, 4) is 11.5 Å². The molecule has 0 aliphatic rings. The Morgan fingerprint density at radius 2 is 1.97 bits per heavy atom. The number of amides is 1. The number of H-pyrrole nitrogens is 1. The summed E-state index contributed by atoms with van der Waals surface area (Å²) in [5.41, 5.74) is 1.61. The van der Waals surface area contributed by atoms with Gasteiger partial charge in [0.1, 0.15) is 5.82 Å². The molecule has 1 heterocycles. The van der Waals surface area contributed by atoms with Gasteiger partial charge in [-0.2, -0.15) is 8.78 Å². The van der Waals surface area contributed by atoms with Crippen molar-refractivity contribution in [2.75, 3.05) is 7.11 Å². The lowest BCUT2D eigenvalue weighted by atomic mass is 9.98. The summed E-state index contributed by atoms with van der Waals surface area (Å²) in [6, 6.07) is 11.5. The number of benzene rings is 2. The summed E-state index contributed by atoms with van der Waals surface area (Å²) in [6.07, 6.45) is 0.778. The van der Waals surface area contributed by atoms with E-state index in [2.05, 4.69) is 20.0 Å². The Kier molecular flexibility index (Phi) is 6.31. The molecule has 2 aromatic carbocycles. The van der Waals surface area contributed by atoms with E-state index in [4.69, 9.17) is 4.74 Å². The van der Waals surface area contributed by atoms with E-state index >= 15 is 0 Å². The standard InChI is InChI=1S/C21H23F2N3O3/c1-4-12(2)17(19-24-14-9-5-6-10-15(14)25-19)26-20(27)13-8-7-11-16(28-3)18(13)29-21(22)23/h5-12,17,21H,4H2,1-3H3,(H,24,25)(H,26,27). The molecule has 2 N–H and O–H groups in total. The molecule has 1 amide bonds. The quantitative estimate of drug-likeness (QED) is 0.572. The van der Waals surface area contributed by atoms with Crippen LogP contribution in [0.3, 0.4) is 0 Å². The number of aromatic nitrogens is 2. The number of aromatic amines is 1. The Morgan fingerprint density at radius 3 is 2.62 bits per heavy atom. The molecule has 2 unspecified atom stereocenters. The van der Waals surface area contributed by atoms with Gasteiger partial charge in [0.15, 0.2) is 11.5 Å². The third-order valence-electron chi connectivity index (χ3n) is 4.85.